The number of hydrogen-bond acceptors (Lipinski definition) is 3. The Morgan fingerprint density at radius 2 is 2.42 bits per heavy atom. The zero-order valence-corrected chi connectivity index (χ0v) is 7.52. The number of hydrogen-bond donors (Lipinski definition) is 0. The van der Waals surface area contributed by atoms with E-state index in [9.17, 15) is 4.79 Å². The molecule has 0 aromatic carbocycles. The summed E-state index contributed by atoms with van der Waals surface area (Å²) in [7, 11) is 3.39. The SMILES string of the molecule is COCC(C)n1c(=O)ncn1C. The quantitative estimate of drug-likeness (QED) is 0.632. The summed E-state index contributed by atoms with van der Waals surface area (Å²) in [6.07, 6.45) is 1.49. The lowest BCUT2D eigenvalue weighted by Crippen LogP contribution is -2.28. The Hall–Kier alpha value is -1.10. The van der Waals surface area contributed by atoms with Crippen molar-refractivity contribution >= 4 is 0 Å². The minimum atomic E-state index is -0.234. The predicted molar refractivity (Wildman–Crippen MR) is 44.1 cm³/mol. The summed E-state index contributed by atoms with van der Waals surface area (Å²) in [6.45, 7) is 2.42. The summed E-state index contributed by atoms with van der Waals surface area (Å²) in [5.41, 5.74) is -0.234. The Balaban J connectivity index is 2.93. The number of ether oxygens (including phenoxy) is 1. The maximum Gasteiger partial charge on any atom is 0.364 e. The van der Waals surface area contributed by atoms with E-state index in [1.165, 1.54) is 6.33 Å². The molecule has 1 aromatic heterocycles. The Kier molecular flexibility index (Phi) is 2.65. The molecule has 1 unspecified atom stereocenters. The van der Waals surface area contributed by atoms with Crippen LogP contribution in [0.1, 0.15) is 13.0 Å². The third-order valence-corrected chi connectivity index (χ3v) is 1.70. The van der Waals surface area contributed by atoms with E-state index in [1.54, 1.807) is 23.5 Å². The second kappa shape index (κ2) is 3.53. The Morgan fingerprint density at radius 3 is 2.83 bits per heavy atom. The summed E-state index contributed by atoms with van der Waals surface area (Å²) in [5.74, 6) is 0. The minimum Gasteiger partial charge on any atom is -0.382 e. The van der Waals surface area contributed by atoms with Crippen LogP contribution >= 0.6 is 0 Å². The first-order valence-electron chi connectivity index (χ1n) is 3.76. The van der Waals surface area contributed by atoms with Gasteiger partial charge >= 0.3 is 5.69 Å². The second-order valence-corrected chi connectivity index (χ2v) is 2.75. The molecule has 0 bridgehead atoms. The van der Waals surface area contributed by atoms with Crippen molar-refractivity contribution in [2.24, 2.45) is 7.05 Å². The second-order valence-electron chi connectivity index (χ2n) is 2.75. The van der Waals surface area contributed by atoms with E-state index < -0.39 is 0 Å². The Bertz CT molecular complexity index is 302. The molecule has 0 aliphatic carbocycles. The molecule has 5 heteroatoms. The van der Waals surface area contributed by atoms with Gasteiger partial charge in [-0.1, -0.05) is 0 Å². The smallest absolute Gasteiger partial charge is 0.364 e. The molecule has 0 spiro atoms. The highest BCUT2D eigenvalue weighted by Gasteiger charge is 2.09. The maximum atomic E-state index is 11.1. The molecular formula is C7H13N3O2. The minimum absolute atomic E-state index is 0.0231. The number of methoxy groups -OCH3 is 1. The van der Waals surface area contributed by atoms with Gasteiger partial charge in [-0.25, -0.2) is 9.48 Å². The van der Waals surface area contributed by atoms with E-state index in [1.807, 2.05) is 6.92 Å². The largest absolute Gasteiger partial charge is 0.382 e. The van der Waals surface area contributed by atoms with Crippen molar-refractivity contribution in [3.8, 4) is 0 Å². The zero-order chi connectivity index (χ0) is 9.14. The van der Waals surface area contributed by atoms with E-state index in [2.05, 4.69) is 4.98 Å². The highest BCUT2D eigenvalue weighted by molar-refractivity contribution is 4.69. The van der Waals surface area contributed by atoms with Crippen LogP contribution in [0, 0.1) is 0 Å². The molecule has 0 saturated heterocycles. The van der Waals surface area contributed by atoms with Gasteiger partial charge in [0.1, 0.15) is 6.33 Å². The molecule has 5 nitrogen and oxygen atoms in total. The van der Waals surface area contributed by atoms with Crippen LogP contribution in [0.15, 0.2) is 11.1 Å². The van der Waals surface area contributed by atoms with Crippen LogP contribution in [0.4, 0.5) is 0 Å². The van der Waals surface area contributed by atoms with Crippen LogP contribution in [0.5, 0.6) is 0 Å². The molecule has 0 fully saturated rings. The summed E-state index contributed by atoms with van der Waals surface area (Å²) in [4.78, 5) is 14.8. The van der Waals surface area contributed by atoms with Gasteiger partial charge in [-0.05, 0) is 6.92 Å². The van der Waals surface area contributed by atoms with Crippen molar-refractivity contribution in [3.63, 3.8) is 0 Å². The molecule has 1 atom stereocenters. The fraction of sp³-hybridized carbons (Fsp3) is 0.714. The average molecular weight is 171 g/mol. The number of rotatable bonds is 3. The molecule has 1 rings (SSSR count). The van der Waals surface area contributed by atoms with Gasteiger partial charge in [0.15, 0.2) is 0 Å². The van der Waals surface area contributed by atoms with Crippen molar-refractivity contribution in [1.82, 2.24) is 14.3 Å². The molecule has 0 radical (unpaired) electrons. The molecule has 0 amide bonds. The summed E-state index contributed by atoms with van der Waals surface area (Å²) < 4.78 is 8.14. The summed E-state index contributed by atoms with van der Waals surface area (Å²) in [6, 6.07) is 0.0231. The van der Waals surface area contributed by atoms with Crippen molar-refractivity contribution in [2.75, 3.05) is 13.7 Å². The molecule has 1 heterocycles. The Morgan fingerprint density at radius 1 is 1.75 bits per heavy atom. The zero-order valence-electron chi connectivity index (χ0n) is 7.52. The molecule has 12 heavy (non-hydrogen) atoms. The van der Waals surface area contributed by atoms with Crippen LogP contribution in [0.25, 0.3) is 0 Å². The van der Waals surface area contributed by atoms with Gasteiger partial charge in [0, 0.05) is 14.2 Å². The standard InChI is InChI=1S/C7H13N3O2/c1-6(4-12-3)10-7(11)8-5-9(10)2/h5-6H,4H2,1-3H3. The van der Waals surface area contributed by atoms with Gasteiger partial charge < -0.3 is 4.74 Å². The van der Waals surface area contributed by atoms with E-state index in [0.29, 0.717) is 6.61 Å². The van der Waals surface area contributed by atoms with Gasteiger partial charge in [0.2, 0.25) is 0 Å². The summed E-state index contributed by atoms with van der Waals surface area (Å²) >= 11 is 0. The molecule has 0 saturated carbocycles. The van der Waals surface area contributed by atoms with E-state index >= 15 is 0 Å². The van der Waals surface area contributed by atoms with Crippen LogP contribution < -0.4 is 5.69 Å². The monoisotopic (exact) mass is 171 g/mol. The molecular weight excluding hydrogens is 158 g/mol. The Labute approximate surface area is 70.6 Å². The van der Waals surface area contributed by atoms with Crippen LogP contribution in [0.2, 0.25) is 0 Å². The van der Waals surface area contributed by atoms with Crippen LogP contribution in [-0.4, -0.2) is 28.1 Å². The fourth-order valence-corrected chi connectivity index (χ4v) is 1.19. The normalized spacial score (nSPS) is 13.2. The molecule has 1 aromatic rings. The first-order valence-corrected chi connectivity index (χ1v) is 3.76. The number of aryl methyl sites for hydroxylation is 1. The number of aromatic nitrogens is 3. The van der Waals surface area contributed by atoms with Crippen molar-refractivity contribution in [2.45, 2.75) is 13.0 Å². The average Bonchev–Trinajstić information content (AvgIpc) is 2.32. The van der Waals surface area contributed by atoms with Crippen molar-refractivity contribution in [3.05, 3.63) is 16.8 Å². The van der Waals surface area contributed by atoms with Gasteiger partial charge in [0.05, 0.1) is 12.6 Å². The molecule has 68 valence electrons. The number of nitrogens with zero attached hydrogens (tertiary/aromatic N) is 3. The molecule has 0 aliphatic rings. The van der Waals surface area contributed by atoms with E-state index in [-0.39, 0.29) is 11.7 Å². The first kappa shape index (κ1) is 8.99. The lowest BCUT2D eigenvalue weighted by Gasteiger charge is -2.13. The van der Waals surface area contributed by atoms with E-state index in [4.69, 9.17) is 4.74 Å². The van der Waals surface area contributed by atoms with Crippen molar-refractivity contribution < 1.29 is 4.74 Å². The van der Waals surface area contributed by atoms with Gasteiger partial charge in [0.25, 0.3) is 0 Å². The molecule has 0 N–H and O–H groups in total. The topological polar surface area (TPSA) is 49.1 Å². The fourth-order valence-electron chi connectivity index (χ4n) is 1.19. The van der Waals surface area contributed by atoms with Crippen LogP contribution in [-0.2, 0) is 11.8 Å². The van der Waals surface area contributed by atoms with Gasteiger partial charge in [-0.3, -0.25) is 4.68 Å². The third-order valence-electron chi connectivity index (χ3n) is 1.70. The van der Waals surface area contributed by atoms with Gasteiger partial charge in [-0.15, -0.1) is 0 Å². The van der Waals surface area contributed by atoms with Crippen molar-refractivity contribution in [1.29, 1.82) is 0 Å². The summed E-state index contributed by atoms with van der Waals surface area (Å²) in [5, 5.41) is 0. The lowest BCUT2D eigenvalue weighted by molar-refractivity contribution is 0.149. The molecule has 0 aliphatic heterocycles. The first-order chi connectivity index (χ1) is 5.66. The third kappa shape index (κ3) is 1.55. The maximum absolute atomic E-state index is 11.1. The van der Waals surface area contributed by atoms with Gasteiger partial charge in [-0.2, -0.15) is 4.98 Å². The highest BCUT2D eigenvalue weighted by Crippen LogP contribution is 1.99. The highest BCUT2D eigenvalue weighted by atomic mass is 16.5. The lowest BCUT2D eigenvalue weighted by atomic mass is 10.4. The van der Waals surface area contributed by atoms with E-state index in [0.717, 1.165) is 0 Å². The predicted octanol–water partition coefficient (Wildman–Crippen LogP) is -0.211. The van der Waals surface area contributed by atoms with Crippen LogP contribution in [0.3, 0.4) is 0 Å².